The van der Waals surface area contributed by atoms with Crippen LogP contribution in [0.2, 0.25) is 0 Å². The summed E-state index contributed by atoms with van der Waals surface area (Å²) in [5, 5.41) is 13.5. The number of hydrogen-bond donors (Lipinski definition) is 3. The quantitative estimate of drug-likeness (QED) is 0.199. The number of pyridine rings is 1. The molecule has 214 valence electrons. The highest BCUT2D eigenvalue weighted by Crippen LogP contribution is 2.29. The van der Waals surface area contributed by atoms with E-state index in [-0.39, 0.29) is 17.3 Å². The lowest BCUT2D eigenvalue weighted by molar-refractivity contribution is -0.133. The van der Waals surface area contributed by atoms with Gasteiger partial charge in [-0.2, -0.15) is 5.26 Å². The van der Waals surface area contributed by atoms with Crippen molar-refractivity contribution in [1.82, 2.24) is 30.1 Å². The molecule has 1 amide bonds. The molecule has 0 radical (unpaired) electrons. The fourth-order valence-corrected chi connectivity index (χ4v) is 6.13. The molecule has 2 aromatic heterocycles. The zero-order valence-electron chi connectivity index (χ0n) is 23.3. The first-order valence-corrected chi connectivity index (χ1v) is 15.2. The maximum Gasteiger partial charge on any atom is 0.223 e. The minimum Gasteiger partial charge on any atom is -0.399 e. The van der Waals surface area contributed by atoms with Crippen LogP contribution in [0.1, 0.15) is 36.2 Å². The number of carbonyl (C=O) groups excluding carboxylic acids is 1. The van der Waals surface area contributed by atoms with Gasteiger partial charge in [0, 0.05) is 61.8 Å². The zero-order valence-corrected chi connectivity index (χ0v) is 24.1. The third-order valence-electron chi connectivity index (χ3n) is 7.72. The second-order valence-corrected chi connectivity index (χ2v) is 11.6. The molecule has 4 heterocycles. The Morgan fingerprint density at radius 2 is 1.73 bits per heavy atom. The van der Waals surface area contributed by atoms with Crippen molar-refractivity contribution in [3.63, 3.8) is 0 Å². The Balaban J connectivity index is 1.13. The highest BCUT2D eigenvalue weighted by Gasteiger charge is 2.24. The van der Waals surface area contributed by atoms with E-state index in [0.29, 0.717) is 35.1 Å². The van der Waals surface area contributed by atoms with E-state index in [2.05, 4.69) is 26.3 Å². The summed E-state index contributed by atoms with van der Waals surface area (Å²) in [4.78, 5) is 31.2. The number of thioether (sulfide) groups is 1. The molecular formula is C30H37N9OS. The number of aromatic nitrogens is 3. The molecule has 0 saturated carbocycles. The molecule has 0 spiro atoms. The van der Waals surface area contributed by atoms with Crippen LogP contribution < -0.4 is 16.8 Å². The number of nitrogens with zero attached hydrogens (tertiary/aromatic N) is 6. The Labute approximate surface area is 245 Å². The molecule has 2 saturated heterocycles. The molecule has 3 aromatic rings. The molecule has 2 aliphatic heterocycles. The number of carbonyl (C=O) groups is 1. The number of nitriles is 1. The van der Waals surface area contributed by atoms with E-state index in [9.17, 15) is 10.1 Å². The minimum atomic E-state index is 0.143. The number of benzene rings is 1. The average molecular weight is 572 g/mol. The summed E-state index contributed by atoms with van der Waals surface area (Å²) in [5.41, 5.74) is 15.8. The zero-order chi connectivity index (χ0) is 28.6. The molecule has 41 heavy (non-hydrogen) atoms. The summed E-state index contributed by atoms with van der Waals surface area (Å²) < 4.78 is 0. The number of nitrogen functional groups attached to an aromatic ring is 2. The molecular weight excluding hydrogens is 534 g/mol. The van der Waals surface area contributed by atoms with Gasteiger partial charge in [0.1, 0.15) is 17.5 Å². The summed E-state index contributed by atoms with van der Waals surface area (Å²) in [7, 11) is 0. The predicted octanol–water partition coefficient (Wildman–Crippen LogP) is 2.94. The van der Waals surface area contributed by atoms with Crippen molar-refractivity contribution in [2.24, 2.45) is 5.92 Å². The number of aryl methyl sites for hydroxylation is 1. The first-order valence-electron chi connectivity index (χ1n) is 14.2. The molecule has 0 aliphatic carbocycles. The van der Waals surface area contributed by atoms with Crippen LogP contribution in [0.25, 0.3) is 11.3 Å². The second-order valence-electron chi connectivity index (χ2n) is 10.6. The lowest BCUT2D eigenvalue weighted by atomic mass is 9.97. The van der Waals surface area contributed by atoms with Crippen LogP contribution in [-0.2, 0) is 17.0 Å². The SMILES string of the molecule is N#Cc1c(N)nc(SCc2cccc(CCC(=O)N3CCN(CC4CCNCC4)CC3)n2)nc1-c1ccc(N)cc1. The summed E-state index contributed by atoms with van der Waals surface area (Å²) >= 11 is 1.40. The summed E-state index contributed by atoms with van der Waals surface area (Å²) in [5.74, 6) is 1.66. The Morgan fingerprint density at radius 3 is 2.46 bits per heavy atom. The maximum atomic E-state index is 12.9. The highest BCUT2D eigenvalue weighted by atomic mass is 32.2. The van der Waals surface area contributed by atoms with Crippen molar-refractivity contribution in [2.75, 3.05) is 57.3 Å². The molecule has 5 N–H and O–H groups in total. The first kappa shape index (κ1) is 28.8. The normalized spacial score (nSPS) is 16.4. The largest absolute Gasteiger partial charge is 0.399 e. The van der Waals surface area contributed by atoms with E-state index in [1.807, 2.05) is 35.2 Å². The topological polar surface area (TPSA) is 150 Å². The number of nitrogens with two attached hydrogens (primary N) is 2. The summed E-state index contributed by atoms with van der Waals surface area (Å²) in [6.07, 6.45) is 3.57. The van der Waals surface area contributed by atoms with Gasteiger partial charge in [-0.05, 0) is 62.5 Å². The van der Waals surface area contributed by atoms with E-state index in [1.54, 1.807) is 12.1 Å². The predicted molar refractivity (Wildman–Crippen MR) is 162 cm³/mol. The molecule has 0 unspecified atom stereocenters. The molecule has 10 nitrogen and oxygen atoms in total. The van der Waals surface area contributed by atoms with Gasteiger partial charge in [0.05, 0.1) is 11.4 Å². The van der Waals surface area contributed by atoms with Gasteiger partial charge in [0.25, 0.3) is 0 Å². The van der Waals surface area contributed by atoms with Crippen LogP contribution in [0, 0.1) is 17.2 Å². The molecule has 2 fully saturated rings. The number of amides is 1. The van der Waals surface area contributed by atoms with Crippen LogP contribution in [0.3, 0.4) is 0 Å². The van der Waals surface area contributed by atoms with E-state index < -0.39 is 0 Å². The summed E-state index contributed by atoms with van der Waals surface area (Å²) in [6.45, 7) is 6.94. The van der Waals surface area contributed by atoms with E-state index >= 15 is 0 Å². The van der Waals surface area contributed by atoms with Crippen LogP contribution in [0.15, 0.2) is 47.6 Å². The lowest BCUT2D eigenvalue weighted by Gasteiger charge is -2.37. The molecule has 11 heteroatoms. The summed E-state index contributed by atoms with van der Waals surface area (Å²) in [6, 6.07) is 15.1. The number of anilines is 2. The van der Waals surface area contributed by atoms with Crippen LogP contribution in [0.4, 0.5) is 11.5 Å². The van der Waals surface area contributed by atoms with E-state index in [0.717, 1.165) is 68.7 Å². The fraction of sp³-hybridized carbons (Fsp3) is 0.433. The molecule has 1 aromatic carbocycles. The Bertz CT molecular complexity index is 1380. The van der Waals surface area contributed by atoms with Crippen molar-refractivity contribution < 1.29 is 4.79 Å². The average Bonchev–Trinajstić information content (AvgIpc) is 3.00. The van der Waals surface area contributed by atoms with Gasteiger partial charge >= 0.3 is 0 Å². The van der Waals surface area contributed by atoms with Gasteiger partial charge in [-0.25, -0.2) is 9.97 Å². The standard InChI is InChI=1S/C30H37N9OS/c31-18-26-28(22-4-6-23(32)7-5-22)36-30(37-29(26)33)41-20-25-3-1-2-24(35-25)8-9-27(40)39-16-14-38(15-17-39)19-21-10-12-34-13-11-21/h1-7,21,34H,8-17,19-20,32H2,(H2,33,36,37). The van der Waals surface area contributed by atoms with E-state index in [4.69, 9.17) is 16.5 Å². The van der Waals surface area contributed by atoms with Gasteiger partial charge in [-0.1, -0.05) is 30.0 Å². The van der Waals surface area contributed by atoms with Gasteiger partial charge < -0.3 is 21.7 Å². The van der Waals surface area contributed by atoms with Crippen molar-refractivity contribution in [3.05, 3.63) is 59.4 Å². The maximum absolute atomic E-state index is 12.9. The van der Waals surface area contributed by atoms with Crippen molar-refractivity contribution in [3.8, 4) is 17.3 Å². The van der Waals surface area contributed by atoms with Crippen LogP contribution >= 0.6 is 11.8 Å². The third kappa shape index (κ3) is 7.73. The Morgan fingerprint density at radius 1 is 1.00 bits per heavy atom. The first-order chi connectivity index (χ1) is 20.0. The number of nitrogens with one attached hydrogen (secondary N) is 1. The smallest absolute Gasteiger partial charge is 0.223 e. The Hall–Kier alpha value is -3.72. The Kier molecular flexibility index (Phi) is 9.67. The van der Waals surface area contributed by atoms with E-state index in [1.165, 1.54) is 24.6 Å². The van der Waals surface area contributed by atoms with Gasteiger partial charge in [0.15, 0.2) is 5.16 Å². The molecule has 0 atom stereocenters. The monoisotopic (exact) mass is 571 g/mol. The lowest BCUT2D eigenvalue weighted by Crippen LogP contribution is -2.50. The van der Waals surface area contributed by atoms with Crippen molar-refractivity contribution >= 4 is 29.2 Å². The second kappa shape index (κ2) is 13.8. The van der Waals surface area contributed by atoms with Gasteiger partial charge in [-0.3, -0.25) is 14.7 Å². The molecule has 2 aliphatic rings. The fourth-order valence-electron chi connectivity index (χ4n) is 5.37. The highest BCUT2D eigenvalue weighted by molar-refractivity contribution is 7.98. The minimum absolute atomic E-state index is 0.143. The van der Waals surface area contributed by atoms with Crippen LogP contribution in [0.5, 0.6) is 0 Å². The third-order valence-corrected chi connectivity index (χ3v) is 8.60. The van der Waals surface area contributed by atoms with Gasteiger partial charge in [-0.15, -0.1) is 0 Å². The molecule has 0 bridgehead atoms. The van der Waals surface area contributed by atoms with Crippen LogP contribution in [-0.4, -0.2) is 76.5 Å². The van der Waals surface area contributed by atoms with Gasteiger partial charge in [0.2, 0.25) is 5.91 Å². The number of piperazine rings is 1. The van der Waals surface area contributed by atoms with Crippen molar-refractivity contribution in [2.45, 2.75) is 36.6 Å². The number of piperidine rings is 1. The number of hydrogen-bond acceptors (Lipinski definition) is 10. The molecule has 5 rings (SSSR count). The van der Waals surface area contributed by atoms with Crippen molar-refractivity contribution in [1.29, 1.82) is 5.26 Å². The number of rotatable bonds is 9.